The van der Waals surface area contributed by atoms with E-state index in [9.17, 15) is 4.79 Å². The van der Waals surface area contributed by atoms with Crippen molar-refractivity contribution in [2.45, 2.75) is 32.3 Å². The van der Waals surface area contributed by atoms with Crippen molar-refractivity contribution in [2.24, 2.45) is 5.92 Å². The van der Waals surface area contributed by atoms with E-state index in [1.807, 2.05) is 24.3 Å². The van der Waals surface area contributed by atoms with Gasteiger partial charge in [-0.15, -0.1) is 11.3 Å². The lowest BCUT2D eigenvalue weighted by atomic mass is 9.87. The predicted molar refractivity (Wildman–Crippen MR) is 97.2 cm³/mol. The summed E-state index contributed by atoms with van der Waals surface area (Å²) in [4.78, 5) is 17.6. The predicted octanol–water partition coefficient (Wildman–Crippen LogP) is 4.32. The van der Waals surface area contributed by atoms with Crippen molar-refractivity contribution in [3.63, 3.8) is 0 Å². The van der Waals surface area contributed by atoms with E-state index in [4.69, 9.17) is 4.74 Å². The summed E-state index contributed by atoms with van der Waals surface area (Å²) < 4.78 is 6.45. The highest BCUT2D eigenvalue weighted by Crippen LogP contribution is 2.43. The van der Waals surface area contributed by atoms with E-state index < -0.39 is 0 Å². The Bertz CT molecular complexity index is 759. The van der Waals surface area contributed by atoms with Gasteiger partial charge >= 0.3 is 0 Å². The third kappa shape index (κ3) is 2.68. The van der Waals surface area contributed by atoms with E-state index in [-0.39, 0.29) is 11.9 Å². The average Bonchev–Trinajstić information content (AvgIpc) is 3.00. The molecule has 0 N–H and O–H groups in total. The number of benzene rings is 1. The minimum absolute atomic E-state index is 0.00199. The van der Waals surface area contributed by atoms with Crippen molar-refractivity contribution in [2.75, 3.05) is 20.1 Å². The molecule has 1 unspecified atom stereocenters. The monoisotopic (exact) mass is 341 g/mol. The first-order valence-electron chi connectivity index (χ1n) is 8.79. The maximum absolute atomic E-state index is 13.1. The van der Waals surface area contributed by atoms with Gasteiger partial charge in [-0.3, -0.25) is 4.79 Å². The Morgan fingerprint density at radius 3 is 2.75 bits per heavy atom. The molecule has 2 aliphatic rings. The zero-order valence-electron chi connectivity index (χ0n) is 14.2. The number of para-hydroxylation sites is 1. The molecular formula is C20H23NO2S. The van der Waals surface area contributed by atoms with Gasteiger partial charge in [-0.05, 0) is 57.6 Å². The van der Waals surface area contributed by atoms with E-state index in [0.717, 1.165) is 48.5 Å². The molecule has 4 heteroatoms. The van der Waals surface area contributed by atoms with Gasteiger partial charge < -0.3 is 9.64 Å². The molecule has 3 heterocycles. The summed E-state index contributed by atoms with van der Waals surface area (Å²) in [5, 5.41) is 0. The second kappa shape index (κ2) is 6.34. The molecule has 0 aliphatic carbocycles. The molecule has 4 rings (SSSR count). The number of ketones is 1. The van der Waals surface area contributed by atoms with Crippen LogP contribution >= 0.6 is 11.3 Å². The quantitative estimate of drug-likeness (QED) is 0.815. The van der Waals surface area contributed by atoms with Crippen LogP contribution in [0.15, 0.2) is 30.3 Å². The first-order chi connectivity index (χ1) is 11.7. The van der Waals surface area contributed by atoms with Gasteiger partial charge in [0.25, 0.3) is 0 Å². The van der Waals surface area contributed by atoms with Gasteiger partial charge in [0.15, 0.2) is 0 Å². The number of nitrogens with zero attached hydrogens (tertiary/aromatic N) is 1. The summed E-state index contributed by atoms with van der Waals surface area (Å²) in [6.45, 7) is 4.34. The SMILES string of the molecule is CCc1cc2c(s1)C(=O)c1ccccc1OC2C1CCN(C)CC1. The zero-order chi connectivity index (χ0) is 16.7. The summed E-state index contributed by atoms with van der Waals surface area (Å²) >= 11 is 1.65. The number of rotatable bonds is 2. The molecule has 0 bridgehead atoms. The highest BCUT2D eigenvalue weighted by atomic mass is 32.1. The molecule has 2 aromatic rings. The Balaban J connectivity index is 1.79. The number of thiophene rings is 1. The number of hydrogen-bond acceptors (Lipinski definition) is 4. The number of piperidine rings is 1. The van der Waals surface area contributed by atoms with Crippen LogP contribution in [0.2, 0.25) is 0 Å². The van der Waals surface area contributed by atoms with Crippen LogP contribution in [0.3, 0.4) is 0 Å². The number of ether oxygens (including phenoxy) is 1. The van der Waals surface area contributed by atoms with Crippen molar-refractivity contribution in [1.29, 1.82) is 0 Å². The summed E-state index contributed by atoms with van der Waals surface area (Å²) in [5.41, 5.74) is 1.83. The summed E-state index contributed by atoms with van der Waals surface area (Å²) in [6, 6.07) is 9.92. The number of hydrogen-bond donors (Lipinski definition) is 0. The minimum atomic E-state index is -0.00199. The van der Waals surface area contributed by atoms with Crippen LogP contribution < -0.4 is 4.74 Å². The second-order valence-electron chi connectivity index (χ2n) is 6.86. The van der Waals surface area contributed by atoms with E-state index >= 15 is 0 Å². The molecule has 1 aromatic carbocycles. The minimum Gasteiger partial charge on any atom is -0.485 e. The van der Waals surface area contributed by atoms with Crippen molar-refractivity contribution < 1.29 is 9.53 Å². The molecule has 1 fully saturated rings. The molecule has 0 amide bonds. The molecule has 1 atom stereocenters. The van der Waals surface area contributed by atoms with E-state index in [1.54, 1.807) is 11.3 Å². The van der Waals surface area contributed by atoms with E-state index in [1.165, 1.54) is 4.88 Å². The standard InChI is InChI=1S/C20H23NO2S/c1-3-14-12-16-19(13-8-10-21(2)11-9-13)23-17-7-5-4-6-15(17)18(22)20(16)24-14/h4-7,12-13,19H,3,8-11H2,1-2H3. The van der Waals surface area contributed by atoms with Crippen molar-refractivity contribution >= 4 is 17.1 Å². The topological polar surface area (TPSA) is 29.5 Å². The van der Waals surface area contributed by atoms with E-state index in [0.29, 0.717) is 11.5 Å². The van der Waals surface area contributed by atoms with Crippen LogP contribution in [0.25, 0.3) is 0 Å². The van der Waals surface area contributed by atoms with Crippen LogP contribution in [0.4, 0.5) is 0 Å². The molecule has 126 valence electrons. The molecule has 24 heavy (non-hydrogen) atoms. The molecule has 3 nitrogen and oxygen atoms in total. The smallest absolute Gasteiger partial charge is 0.207 e. The van der Waals surface area contributed by atoms with Gasteiger partial charge in [-0.1, -0.05) is 19.1 Å². The van der Waals surface area contributed by atoms with Gasteiger partial charge in [-0.2, -0.15) is 0 Å². The number of carbonyl (C=O) groups excluding carboxylic acids is 1. The third-order valence-corrected chi connectivity index (χ3v) is 6.54. The second-order valence-corrected chi connectivity index (χ2v) is 7.99. The van der Waals surface area contributed by atoms with Gasteiger partial charge in [0.1, 0.15) is 11.9 Å². The van der Waals surface area contributed by atoms with Crippen LogP contribution in [-0.4, -0.2) is 30.8 Å². The Morgan fingerprint density at radius 2 is 2.00 bits per heavy atom. The molecule has 0 saturated carbocycles. The summed E-state index contributed by atoms with van der Waals surface area (Å²) in [7, 11) is 2.17. The van der Waals surface area contributed by atoms with Crippen LogP contribution in [0.5, 0.6) is 5.75 Å². The Hall–Kier alpha value is -1.65. The van der Waals surface area contributed by atoms with Crippen molar-refractivity contribution in [1.82, 2.24) is 4.90 Å². The molecule has 0 radical (unpaired) electrons. The first-order valence-corrected chi connectivity index (χ1v) is 9.60. The number of carbonyl (C=O) groups is 1. The molecule has 0 spiro atoms. The first kappa shape index (κ1) is 15.9. The lowest BCUT2D eigenvalue weighted by Gasteiger charge is -2.34. The van der Waals surface area contributed by atoms with Crippen LogP contribution in [0.1, 0.15) is 51.5 Å². The fraction of sp³-hybridized carbons (Fsp3) is 0.450. The lowest BCUT2D eigenvalue weighted by Crippen LogP contribution is -2.34. The lowest BCUT2D eigenvalue weighted by molar-refractivity contribution is 0.0856. The van der Waals surface area contributed by atoms with Gasteiger partial charge in [0, 0.05) is 16.4 Å². The summed E-state index contributed by atoms with van der Waals surface area (Å²) in [6.07, 6.45) is 3.20. The fourth-order valence-electron chi connectivity index (χ4n) is 3.78. The molecule has 2 aliphatic heterocycles. The Labute approximate surface area is 147 Å². The zero-order valence-corrected chi connectivity index (χ0v) is 15.1. The largest absolute Gasteiger partial charge is 0.485 e. The van der Waals surface area contributed by atoms with Gasteiger partial charge in [-0.25, -0.2) is 0 Å². The van der Waals surface area contributed by atoms with Crippen LogP contribution in [0, 0.1) is 5.92 Å². The highest BCUT2D eigenvalue weighted by molar-refractivity contribution is 7.14. The number of likely N-dealkylation sites (tertiary alicyclic amines) is 1. The average molecular weight is 341 g/mol. The molecule has 1 aromatic heterocycles. The fourth-order valence-corrected chi connectivity index (χ4v) is 4.87. The van der Waals surface area contributed by atoms with Crippen molar-refractivity contribution in [3.8, 4) is 5.75 Å². The highest BCUT2D eigenvalue weighted by Gasteiger charge is 2.36. The third-order valence-electron chi connectivity index (χ3n) is 5.25. The maximum Gasteiger partial charge on any atom is 0.207 e. The molecular weight excluding hydrogens is 318 g/mol. The maximum atomic E-state index is 13.1. The number of fused-ring (bicyclic) bond motifs is 2. The van der Waals surface area contributed by atoms with Crippen LogP contribution in [-0.2, 0) is 6.42 Å². The Morgan fingerprint density at radius 1 is 1.25 bits per heavy atom. The summed E-state index contributed by atoms with van der Waals surface area (Å²) in [5.74, 6) is 1.34. The van der Waals surface area contributed by atoms with E-state index in [2.05, 4.69) is 24.9 Å². The molecule has 1 saturated heterocycles. The van der Waals surface area contributed by atoms with Gasteiger partial charge in [0.05, 0.1) is 10.4 Å². The number of aryl methyl sites for hydroxylation is 1. The van der Waals surface area contributed by atoms with Crippen molar-refractivity contribution in [3.05, 3.63) is 51.2 Å². The Kier molecular flexibility index (Phi) is 4.19. The van der Waals surface area contributed by atoms with Gasteiger partial charge in [0.2, 0.25) is 5.78 Å². The normalized spacial score (nSPS) is 21.8.